The van der Waals surface area contributed by atoms with Gasteiger partial charge in [-0.25, -0.2) is 17.2 Å². The van der Waals surface area contributed by atoms with Crippen LogP contribution in [0.1, 0.15) is 67.4 Å². The average molecular weight is 703 g/mol. The number of aliphatic hydroxyl groups excluding tert-OH is 2. The first-order valence-corrected chi connectivity index (χ1v) is 17.9. The Balaban J connectivity index is 1.89. The lowest BCUT2D eigenvalue weighted by Gasteiger charge is -2.30. The number of nitrogens with zero attached hydrogens (tertiary/aromatic N) is 1. The second-order valence-electron chi connectivity index (χ2n) is 11.9. The number of amides is 3. The Kier molecular flexibility index (Phi) is 15.2. The Bertz CT molecular complexity index is 1610. The van der Waals surface area contributed by atoms with Gasteiger partial charge in [0.2, 0.25) is 11.8 Å². The third kappa shape index (κ3) is 12.6. The van der Waals surface area contributed by atoms with Crippen molar-refractivity contribution >= 4 is 27.6 Å². The van der Waals surface area contributed by atoms with Crippen LogP contribution < -0.4 is 16.0 Å². The minimum atomic E-state index is -3.96. The number of aromatic nitrogens is 1. The normalized spacial score (nSPS) is 14.0. The SMILES string of the molecule is CCCC(CCC)S(=O)(=O)CC(NC(=O)c1cccnc1)C(=O)N[C@@H](Cc1cc(F)cc(F)c1)[C@@H](O)[C@H](O)CC(=O)NCc1ccccc1. The van der Waals surface area contributed by atoms with Crippen LogP contribution in [0.5, 0.6) is 0 Å². The van der Waals surface area contributed by atoms with Crippen molar-refractivity contribution in [3.05, 3.63) is 101 Å². The van der Waals surface area contributed by atoms with Crippen molar-refractivity contribution < 1.29 is 41.8 Å². The molecule has 3 amide bonds. The first kappa shape index (κ1) is 39.2. The Hall–Kier alpha value is -4.27. The van der Waals surface area contributed by atoms with Crippen LogP contribution in [-0.2, 0) is 32.4 Å². The van der Waals surface area contributed by atoms with Gasteiger partial charge in [0.15, 0.2) is 9.84 Å². The number of aliphatic hydroxyl groups is 2. The smallest absolute Gasteiger partial charge is 0.253 e. The lowest BCUT2D eigenvalue weighted by atomic mass is 9.95. The van der Waals surface area contributed by atoms with Gasteiger partial charge >= 0.3 is 0 Å². The third-order valence-electron chi connectivity index (χ3n) is 7.91. The van der Waals surface area contributed by atoms with Gasteiger partial charge in [0.05, 0.1) is 35.1 Å². The van der Waals surface area contributed by atoms with Crippen LogP contribution in [0.4, 0.5) is 8.78 Å². The molecule has 5 N–H and O–H groups in total. The molecular weight excluding hydrogens is 658 g/mol. The fourth-order valence-corrected chi connectivity index (χ4v) is 7.57. The van der Waals surface area contributed by atoms with E-state index in [4.69, 9.17) is 0 Å². The van der Waals surface area contributed by atoms with E-state index in [1.807, 2.05) is 19.9 Å². The maximum Gasteiger partial charge on any atom is 0.253 e. The quantitative estimate of drug-likeness (QED) is 0.127. The number of hydrogen-bond acceptors (Lipinski definition) is 8. The summed E-state index contributed by atoms with van der Waals surface area (Å²) in [6.07, 6.45) is -0.159. The topological polar surface area (TPSA) is 175 Å². The van der Waals surface area contributed by atoms with E-state index in [1.54, 1.807) is 24.3 Å². The molecule has 3 rings (SSSR count). The van der Waals surface area contributed by atoms with Crippen LogP contribution >= 0.6 is 0 Å². The summed E-state index contributed by atoms with van der Waals surface area (Å²) in [5, 5.41) is 28.9. The molecule has 0 aliphatic heterocycles. The number of benzene rings is 2. The highest BCUT2D eigenvalue weighted by molar-refractivity contribution is 7.92. The summed E-state index contributed by atoms with van der Waals surface area (Å²) in [6, 6.07) is 11.3. The zero-order valence-electron chi connectivity index (χ0n) is 27.5. The van der Waals surface area contributed by atoms with E-state index in [1.165, 1.54) is 24.5 Å². The standard InChI is InChI=1S/C35H44F2N4O7S/c1-3-9-28(10-4-2)49(47,48)22-30(41-34(45)25-13-8-14-38-21-25)35(46)40-29(17-24-15-26(36)18-27(37)16-24)33(44)31(42)19-32(43)39-20-23-11-6-5-7-12-23/h5-8,11-16,18,21,28-31,33,42,44H,3-4,9-10,17,19-20,22H2,1-2H3,(H,39,43)(H,40,46)(H,41,45)/t29-,30?,31+,33+/m0/s1. The van der Waals surface area contributed by atoms with E-state index in [2.05, 4.69) is 20.9 Å². The van der Waals surface area contributed by atoms with Gasteiger partial charge in [0.25, 0.3) is 5.91 Å². The zero-order chi connectivity index (χ0) is 36.0. The minimum Gasteiger partial charge on any atom is -0.390 e. The minimum absolute atomic E-state index is 0.00268. The molecule has 0 radical (unpaired) electrons. The number of carbonyl (C=O) groups excluding carboxylic acids is 3. The molecule has 4 atom stereocenters. The van der Waals surface area contributed by atoms with Crippen LogP contribution in [-0.4, -0.2) is 76.6 Å². The molecule has 0 saturated carbocycles. The molecule has 1 unspecified atom stereocenters. The highest BCUT2D eigenvalue weighted by Crippen LogP contribution is 2.19. The largest absolute Gasteiger partial charge is 0.390 e. The van der Waals surface area contributed by atoms with Gasteiger partial charge < -0.3 is 26.2 Å². The van der Waals surface area contributed by atoms with Crippen LogP contribution in [0.3, 0.4) is 0 Å². The molecule has 1 aromatic heterocycles. The van der Waals surface area contributed by atoms with Gasteiger partial charge in [-0.1, -0.05) is 57.0 Å². The average Bonchev–Trinajstić information content (AvgIpc) is 3.06. The third-order valence-corrected chi connectivity index (χ3v) is 10.2. The van der Waals surface area contributed by atoms with Crippen molar-refractivity contribution in [3.8, 4) is 0 Å². The van der Waals surface area contributed by atoms with E-state index < -0.39 is 87.3 Å². The fourth-order valence-electron chi connectivity index (χ4n) is 5.41. The summed E-state index contributed by atoms with van der Waals surface area (Å²) in [5.41, 5.74) is 0.843. The Morgan fingerprint density at radius 3 is 2.12 bits per heavy atom. The summed E-state index contributed by atoms with van der Waals surface area (Å²) in [4.78, 5) is 43.5. The number of hydrogen-bond donors (Lipinski definition) is 5. The maximum absolute atomic E-state index is 14.1. The summed E-state index contributed by atoms with van der Waals surface area (Å²) in [7, 11) is -3.96. The van der Waals surface area contributed by atoms with Crippen LogP contribution in [0.15, 0.2) is 73.1 Å². The van der Waals surface area contributed by atoms with Gasteiger partial charge in [-0.3, -0.25) is 19.4 Å². The van der Waals surface area contributed by atoms with Crippen molar-refractivity contribution in [3.63, 3.8) is 0 Å². The number of halogens is 2. The molecule has 2 aromatic carbocycles. The summed E-state index contributed by atoms with van der Waals surface area (Å²) < 4.78 is 55.3. The Labute approximate surface area is 285 Å². The number of sulfone groups is 1. The molecule has 14 heteroatoms. The Morgan fingerprint density at radius 2 is 1.53 bits per heavy atom. The van der Waals surface area contributed by atoms with Gasteiger partial charge in [0, 0.05) is 25.0 Å². The first-order valence-electron chi connectivity index (χ1n) is 16.2. The van der Waals surface area contributed by atoms with Gasteiger partial charge in [-0.05, 0) is 54.7 Å². The van der Waals surface area contributed by atoms with Crippen LogP contribution in [0.25, 0.3) is 0 Å². The molecule has 11 nitrogen and oxygen atoms in total. The molecule has 49 heavy (non-hydrogen) atoms. The van der Waals surface area contributed by atoms with Crippen molar-refractivity contribution in [1.82, 2.24) is 20.9 Å². The van der Waals surface area contributed by atoms with Crippen molar-refractivity contribution in [2.45, 2.75) is 88.5 Å². The predicted molar refractivity (Wildman–Crippen MR) is 180 cm³/mol. The fraction of sp³-hybridized carbons (Fsp3) is 0.429. The molecule has 3 aromatic rings. The molecule has 0 bridgehead atoms. The van der Waals surface area contributed by atoms with Gasteiger partial charge in [-0.2, -0.15) is 0 Å². The van der Waals surface area contributed by atoms with E-state index in [0.717, 1.165) is 17.7 Å². The molecule has 0 spiro atoms. The summed E-state index contributed by atoms with van der Waals surface area (Å²) in [5.74, 6) is -5.08. The second-order valence-corrected chi connectivity index (χ2v) is 14.2. The maximum atomic E-state index is 14.1. The Morgan fingerprint density at radius 1 is 0.878 bits per heavy atom. The van der Waals surface area contributed by atoms with Gasteiger partial charge in [-0.15, -0.1) is 0 Å². The summed E-state index contributed by atoms with van der Waals surface area (Å²) >= 11 is 0. The molecule has 1 heterocycles. The zero-order valence-corrected chi connectivity index (χ0v) is 28.3. The predicted octanol–water partition coefficient (Wildman–Crippen LogP) is 3.00. The molecular formula is C35H44F2N4O7S. The molecule has 266 valence electrons. The van der Waals surface area contributed by atoms with E-state index in [0.29, 0.717) is 31.7 Å². The van der Waals surface area contributed by atoms with Crippen LogP contribution in [0.2, 0.25) is 0 Å². The number of nitrogens with one attached hydrogen (secondary N) is 3. The van der Waals surface area contributed by atoms with E-state index >= 15 is 0 Å². The highest BCUT2D eigenvalue weighted by Gasteiger charge is 2.36. The van der Waals surface area contributed by atoms with Crippen molar-refractivity contribution in [2.24, 2.45) is 0 Å². The number of carbonyl (C=O) groups is 3. The molecule has 0 fully saturated rings. The second kappa shape index (κ2) is 19.1. The monoisotopic (exact) mass is 702 g/mol. The summed E-state index contributed by atoms with van der Waals surface area (Å²) in [6.45, 7) is 3.82. The molecule has 0 aliphatic carbocycles. The number of rotatable bonds is 19. The van der Waals surface area contributed by atoms with Gasteiger partial charge in [0.1, 0.15) is 23.8 Å². The molecule has 0 aliphatic rings. The highest BCUT2D eigenvalue weighted by atomic mass is 32.2. The number of pyridine rings is 1. The molecule has 0 saturated heterocycles. The van der Waals surface area contributed by atoms with E-state index in [9.17, 15) is 41.8 Å². The van der Waals surface area contributed by atoms with Crippen LogP contribution in [0, 0.1) is 11.6 Å². The van der Waals surface area contributed by atoms with Crippen molar-refractivity contribution in [1.29, 1.82) is 0 Å². The lowest BCUT2D eigenvalue weighted by molar-refractivity contribution is -0.127. The first-order chi connectivity index (χ1) is 23.3. The van der Waals surface area contributed by atoms with E-state index in [-0.39, 0.29) is 17.7 Å². The lowest BCUT2D eigenvalue weighted by Crippen LogP contribution is -2.57. The van der Waals surface area contributed by atoms with Crippen molar-refractivity contribution in [2.75, 3.05) is 5.75 Å².